The molecule has 0 saturated carbocycles. The number of hydrogen-bond acceptors (Lipinski definition) is 1. The molecule has 0 rings (SSSR count). The lowest BCUT2D eigenvalue weighted by molar-refractivity contribution is -0.115. The first-order chi connectivity index (χ1) is 4.57. The summed E-state index contributed by atoms with van der Waals surface area (Å²) < 4.78 is 0. The number of allylic oxidation sites excluding steroid dienone is 2. The fourth-order valence-electron chi connectivity index (χ4n) is 0.872. The second-order valence-corrected chi connectivity index (χ2v) is 2.87. The minimum atomic E-state index is 0.258. The van der Waals surface area contributed by atoms with E-state index in [4.69, 9.17) is 0 Å². The van der Waals surface area contributed by atoms with E-state index in [9.17, 15) is 4.79 Å². The van der Waals surface area contributed by atoms with Gasteiger partial charge in [-0.05, 0) is 18.4 Å². The van der Waals surface area contributed by atoms with Gasteiger partial charge in [-0.1, -0.05) is 26.8 Å². The molecule has 0 saturated heterocycles. The van der Waals surface area contributed by atoms with Gasteiger partial charge >= 0.3 is 0 Å². The highest BCUT2D eigenvalue weighted by Crippen LogP contribution is 2.03. The summed E-state index contributed by atoms with van der Waals surface area (Å²) in [7, 11) is 0. The van der Waals surface area contributed by atoms with Gasteiger partial charge in [0, 0.05) is 6.42 Å². The molecule has 0 fully saturated rings. The minimum Gasteiger partial charge on any atom is -0.295 e. The summed E-state index contributed by atoms with van der Waals surface area (Å²) in [6, 6.07) is 0. The standard InChI is InChI=1S/C9H16O/c1-5-9(10)8(4)6-7(2)3/h6-7H,5H2,1-4H3/b8-6+. The van der Waals surface area contributed by atoms with Crippen LogP contribution in [0.1, 0.15) is 34.1 Å². The predicted octanol–water partition coefficient (Wildman–Crippen LogP) is 2.57. The molecule has 0 N–H and O–H groups in total. The van der Waals surface area contributed by atoms with Crippen LogP contribution in [0.5, 0.6) is 0 Å². The molecule has 0 aromatic carbocycles. The van der Waals surface area contributed by atoms with Gasteiger partial charge in [-0.3, -0.25) is 4.79 Å². The molecule has 1 nitrogen and oxygen atoms in total. The fraction of sp³-hybridized carbons (Fsp3) is 0.667. The number of Topliss-reactive ketones (excluding diaryl/α,β-unsaturated/α-hetero) is 1. The van der Waals surface area contributed by atoms with Crippen molar-refractivity contribution in [3.05, 3.63) is 11.6 Å². The van der Waals surface area contributed by atoms with E-state index in [2.05, 4.69) is 13.8 Å². The molecule has 0 radical (unpaired) electrons. The van der Waals surface area contributed by atoms with E-state index in [1.807, 2.05) is 19.9 Å². The normalized spacial score (nSPS) is 12.3. The molecule has 0 aromatic rings. The van der Waals surface area contributed by atoms with Crippen molar-refractivity contribution in [2.45, 2.75) is 34.1 Å². The first-order valence-electron chi connectivity index (χ1n) is 3.79. The third kappa shape index (κ3) is 3.44. The van der Waals surface area contributed by atoms with E-state index in [-0.39, 0.29) is 5.78 Å². The molecule has 0 spiro atoms. The Balaban J connectivity index is 4.05. The van der Waals surface area contributed by atoms with Crippen LogP contribution in [0.15, 0.2) is 11.6 Å². The zero-order valence-electron chi connectivity index (χ0n) is 7.27. The molecule has 0 bridgehead atoms. The van der Waals surface area contributed by atoms with E-state index in [0.717, 1.165) is 5.57 Å². The molecule has 0 atom stereocenters. The Kier molecular flexibility index (Phi) is 4.01. The van der Waals surface area contributed by atoms with Crippen molar-refractivity contribution in [1.82, 2.24) is 0 Å². The molecular weight excluding hydrogens is 124 g/mol. The summed E-state index contributed by atoms with van der Waals surface area (Å²) in [4.78, 5) is 11.0. The Morgan fingerprint density at radius 2 is 2.00 bits per heavy atom. The molecule has 0 aliphatic heterocycles. The van der Waals surface area contributed by atoms with Crippen LogP contribution < -0.4 is 0 Å². The Hall–Kier alpha value is -0.590. The van der Waals surface area contributed by atoms with Gasteiger partial charge in [0.15, 0.2) is 5.78 Å². The zero-order valence-corrected chi connectivity index (χ0v) is 7.27. The summed E-state index contributed by atoms with van der Waals surface area (Å²) >= 11 is 0. The van der Waals surface area contributed by atoms with E-state index >= 15 is 0 Å². The smallest absolute Gasteiger partial charge is 0.157 e. The summed E-state index contributed by atoms with van der Waals surface area (Å²) in [6.45, 7) is 7.92. The largest absolute Gasteiger partial charge is 0.295 e. The van der Waals surface area contributed by atoms with Gasteiger partial charge in [-0.25, -0.2) is 0 Å². The van der Waals surface area contributed by atoms with Gasteiger partial charge in [0.1, 0.15) is 0 Å². The second-order valence-electron chi connectivity index (χ2n) is 2.87. The summed E-state index contributed by atoms with van der Waals surface area (Å²) in [5, 5.41) is 0. The Labute approximate surface area is 63.1 Å². The number of hydrogen-bond donors (Lipinski definition) is 0. The molecule has 10 heavy (non-hydrogen) atoms. The van der Waals surface area contributed by atoms with E-state index in [0.29, 0.717) is 12.3 Å². The molecule has 0 amide bonds. The van der Waals surface area contributed by atoms with Crippen LogP contribution in [-0.4, -0.2) is 5.78 Å². The average molecular weight is 140 g/mol. The lowest BCUT2D eigenvalue weighted by atomic mass is 10.1. The van der Waals surface area contributed by atoms with Gasteiger partial charge in [0.25, 0.3) is 0 Å². The first kappa shape index (κ1) is 9.41. The van der Waals surface area contributed by atoms with Gasteiger partial charge in [0.05, 0.1) is 0 Å². The van der Waals surface area contributed by atoms with Crippen LogP contribution >= 0.6 is 0 Å². The molecule has 0 heterocycles. The average Bonchev–Trinajstić information content (AvgIpc) is 1.85. The highest BCUT2D eigenvalue weighted by molar-refractivity contribution is 5.94. The summed E-state index contributed by atoms with van der Waals surface area (Å²) in [5.41, 5.74) is 0.900. The highest BCUT2D eigenvalue weighted by Gasteiger charge is 2.00. The lowest BCUT2D eigenvalue weighted by Gasteiger charge is -1.99. The van der Waals surface area contributed by atoms with Crippen molar-refractivity contribution in [3.8, 4) is 0 Å². The van der Waals surface area contributed by atoms with Gasteiger partial charge in [-0.15, -0.1) is 0 Å². The first-order valence-corrected chi connectivity index (χ1v) is 3.79. The molecule has 0 aromatic heterocycles. The Bertz CT molecular complexity index is 143. The third-order valence-corrected chi connectivity index (χ3v) is 1.34. The zero-order chi connectivity index (χ0) is 8.15. The number of rotatable bonds is 3. The van der Waals surface area contributed by atoms with Crippen LogP contribution in [0, 0.1) is 5.92 Å². The van der Waals surface area contributed by atoms with Crippen LogP contribution in [0.25, 0.3) is 0 Å². The van der Waals surface area contributed by atoms with Crippen LogP contribution in [0.2, 0.25) is 0 Å². The topological polar surface area (TPSA) is 17.1 Å². The maximum Gasteiger partial charge on any atom is 0.157 e. The van der Waals surface area contributed by atoms with Gasteiger partial charge < -0.3 is 0 Å². The van der Waals surface area contributed by atoms with Crippen molar-refractivity contribution in [2.24, 2.45) is 5.92 Å². The minimum absolute atomic E-state index is 0.258. The third-order valence-electron chi connectivity index (χ3n) is 1.34. The number of carbonyl (C=O) groups excluding carboxylic acids is 1. The molecule has 0 aliphatic carbocycles. The maximum atomic E-state index is 11.0. The molecular formula is C9H16O. The van der Waals surface area contributed by atoms with Crippen LogP contribution in [0.4, 0.5) is 0 Å². The van der Waals surface area contributed by atoms with E-state index < -0.39 is 0 Å². The van der Waals surface area contributed by atoms with Crippen molar-refractivity contribution < 1.29 is 4.79 Å². The van der Waals surface area contributed by atoms with E-state index in [1.165, 1.54) is 0 Å². The summed E-state index contributed by atoms with van der Waals surface area (Å²) in [5.74, 6) is 0.740. The van der Waals surface area contributed by atoms with Crippen LogP contribution in [-0.2, 0) is 4.79 Å². The van der Waals surface area contributed by atoms with Crippen molar-refractivity contribution in [2.75, 3.05) is 0 Å². The maximum absolute atomic E-state index is 11.0. The number of ketones is 1. The fourth-order valence-corrected chi connectivity index (χ4v) is 0.872. The lowest BCUT2D eigenvalue weighted by Crippen LogP contribution is -1.97. The predicted molar refractivity (Wildman–Crippen MR) is 43.9 cm³/mol. The Morgan fingerprint density at radius 3 is 2.30 bits per heavy atom. The van der Waals surface area contributed by atoms with Crippen LogP contribution in [0.3, 0.4) is 0 Å². The SMILES string of the molecule is CCC(=O)/C(C)=C/C(C)C. The monoisotopic (exact) mass is 140 g/mol. The second kappa shape index (κ2) is 4.26. The highest BCUT2D eigenvalue weighted by atomic mass is 16.1. The van der Waals surface area contributed by atoms with Crippen molar-refractivity contribution in [3.63, 3.8) is 0 Å². The molecule has 58 valence electrons. The molecule has 1 heteroatoms. The Morgan fingerprint density at radius 1 is 1.50 bits per heavy atom. The quantitative estimate of drug-likeness (QED) is 0.551. The van der Waals surface area contributed by atoms with Crippen molar-refractivity contribution in [1.29, 1.82) is 0 Å². The van der Waals surface area contributed by atoms with Gasteiger partial charge in [-0.2, -0.15) is 0 Å². The van der Waals surface area contributed by atoms with E-state index in [1.54, 1.807) is 0 Å². The molecule has 0 aliphatic rings. The van der Waals surface area contributed by atoms with Crippen molar-refractivity contribution >= 4 is 5.78 Å². The number of carbonyl (C=O) groups is 1. The molecule has 0 unspecified atom stereocenters. The summed E-state index contributed by atoms with van der Waals surface area (Å²) in [6.07, 6.45) is 2.63. The van der Waals surface area contributed by atoms with Gasteiger partial charge in [0.2, 0.25) is 0 Å².